The van der Waals surface area contributed by atoms with Crippen LogP contribution in [-0.2, 0) is 4.79 Å². The molecule has 1 saturated carbocycles. The van der Waals surface area contributed by atoms with E-state index in [0.29, 0.717) is 11.8 Å². The molecular formula is C15H27NO. The van der Waals surface area contributed by atoms with E-state index in [0.717, 1.165) is 31.7 Å². The predicted molar refractivity (Wildman–Crippen MR) is 71.1 cm³/mol. The smallest absolute Gasteiger partial charge is 0.154 e. The van der Waals surface area contributed by atoms with Crippen LogP contribution in [0.25, 0.3) is 0 Å². The second-order valence-corrected chi connectivity index (χ2v) is 6.22. The van der Waals surface area contributed by atoms with Gasteiger partial charge in [0.15, 0.2) is 5.78 Å². The average molecular weight is 237 g/mol. The van der Waals surface area contributed by atoms with Crippen molar-refractivity contribution in [3.05, 3.63) is 0 Å². The van der Waals surface area contributed by atoms with Gasteiger partial charge in [0, 0.05) is 19.0 Å². The van der Waals surface area contributed by atoms with Crippen LogP contribution >= 0.6 is 0 Å². The van der Waals surface area contributed by atoms with Gasteiger partial charge in [-0.05, 0) is 45.4 Å². The maximum atomic E-state index is 12.3. The molecule has 2 heteroatoms. The molecule has 0 aromatic rings. The molecule has 0 aromatic heterocycles. The Morgan fingerprint density at radius 2 is 2.00 bits per heavy atom. The Kier molecular flexibility index (Phi) is 3.92. The fourth-order valence-corrected chi connectivity index (χ4v) is 4.00. The van der Waals surface area contributed by atoms with Crippen LogP contribution in [0, 0.1) is 5.92 Å². The normalized spacial score (nSPS) is 35.1. The van der Waals surface area contributed by atoms with E-state index in [1.807, 2.05) is 0 Å². The maximum Gasteiger partial charge on any atom is 0.154 e. The lowest BCUT2D eigenvalue weighted by molar-refractivity contribution is -0.128. The number of nitrogens with zero attached hydrogens (tertiary/aromatic N) is 1. The molecule has 98 valence electrons. The molecular weight excluding hydrogens is 210 g/mol. The summed E-state index contributed by atoms with van der Waals surface area (Å²) in [4.78, 5) is 14.8. The highest BCUT2D eigenvalue weighted by Gasteiger charge is 2.50. The second kappa shape index (κ2) is 5.09. The molecule has 0 aromatic carbocycles. The summed E-state index contributed by atoms with van der Waals surface area (Å²) in [7, 11) is 0. The van der Waals surface area contributed by atoms with E-state index in [1.54, 1.807) is 0 Å². The third-order valence-corrected chi connectivity index (χ3v) is 4.90. The van der Waals surface area contributed by atoms with Gasteiger partial charge in [0.25, 0.3) is 0 Å². The Morgan fingerprint density at radius 1 is 1.35 bits per heavy atom. The number of likely N-dealkylation sites (tertiary alicyclic amines) is 1. The molecule has 1 heterocycles. The lowest BCUT2D eigenvalue weighted by atomic mass is 9.73. The van der Waals surface area contributed by atoms with Crippen molar-refractivity contribution in [1.29, 1.82) is 0 Å². The molecule has 2 nitrogen and oxygen atoms in total. The van der Waals surface area contributed by atoms with Crippen molar-refractivity contribution in [1.82, 2.24) is 4.90 Å². The van der Waals surface area contributed by atoms with Crippen molar-refractivity contribution in [3.8, 4) is 0 Å². The summed E-state index contributed by atoms with van der Waals surface area (Å²) in [6.45, 7) is 7.73. The minimum atomic E-state index is -0.0571. The van der Waals surface area contributed by atoms with E-state index in [4.69, 9.17) is 0 Å². The van der Waals surface area contributed by atoms with Crippen molar-refractivity contribution >= 4 is 5.78 Å². The molecule has 1 aliphatic heterocycles. The van der Waals surface area contributed by atoms with Crippen LogP contribution < -0.4 is 0 Å². The van der Waals surface area contributed by atoms with Crippen molar-refractivity contribution in [2.24, 2.45) is 5.92 Å². The molecule has 0 amide bonds. The third kappa shape index (κ3) is 2.29. The summed E-state index contributed by atoms with van der Waals surface area (Å²) in [6.07, 6.45) is 8.21. The summed E-state index contributed by atoms with van der Waals surface area (Å²) in [5, 5.41) is 0. The molecule has 1 saturated heterocycles. The highest BCUT2D eigenvalue weighted by atomic mass is 16.1. The molecule has 2 fully saturated rings. The lowest BCUT2D eigenvalue weighted by Gasteiger charge is -2.44. The van der Waals surface area contributed by atoms with Gasteiger partial charge in [0.1, 0.15) is 0 Å². The van der Waals surface area contributed by atoms with Crippen LogP contribution in [0.4, 0.5) is 0 Å². The van der Waals surface area contributed by atoms with Gasteiger partial charge in [0.2, 0.25) is 0 Å². The number of rotatable bonds is 3. The van der Waals surface area contributed by atoms with Gasteiger partial charge in [-0.3, -0.25) is 9.69 Å². The lowest BCUT2D eigenvalue weighted by Crippen LogP contribution is -2.53. The van der Waals surface area contributed by atoms with Crippen LogP contribution in [0.5, 0.6) is 0 Å². The van der Waals surface area contributed by atoms with Crippen molar-refractivity contribution in [2.45, 2.75) is 77.3 Å². The monoisotopic (exact) mass is 237 g/mol. The van der Waals surface area contributed by atoms with E-state index in [2.05, 4.69) is 25.7 Å². The summed E-state index contributed by atoms with van der Waals surface area (Å²) in [6, 6.07) is 0.518. The Hall–Kier alpha value is -0.370. The van der Waals surface area contributed by atoms with Gasteiger partial charge in [-0.1, -0.05) is 19.8 Å². The van der Waals surface area contributed by atoms with Crippen LogP contribution in [0.2, 0.25) is 0 Å². The van der Waals surface area contributed by atoms with Crippen molar-refractivity contribution in [2.75, 3.05) is 6.54 Å². The van der Waals surface area contributed by atoms with Gasteiger partial charge < -0.3 is 0 Å². The summed E-state index contributed by atoms with van der Waals surface area (Å²) in [5.41, 5.74) is -0.0571. The zero-order chi connectivity index (χ0) is 12.5. The number of carbonyl (C=O) groups is 1. The first-order chi connectivity index (χ1) is 8.10. The standard InChI is InChI=1S/C15H27NO/c1-4-5-13-6-9-15(10-7-13)14(17)8-11-16(15)12(2)3/h12-13H,4-11H2,1-3H3. The van der Waals surface area contributed by atoms with Crippen LogP contribution in [0.3, 0.4) is 0 Å². The zero-order valence-electron chi connectivity index (χ0n) is 11.7. The van der Waals surface area contributed by atoms with Gasteiger partial charge in [-0.25, -0.2) is 0 Å². The Balaban J connectivity index is 2.06. The minimum absolute atomic E-state index is 0.0571. The summed E-state index contributed by atoms with van der Waals surface area (Å²) >= 11 is 0. The Bertz CT molecular complexity index is 277. The summed E-state index contributed by atoms with van der Waals surface area (Å²) in [5.74, 6) is 1.41. The van der Waals surface area contributed by atoms with Crippen LogP contribution in [0.1, 0.15) is 65.7 Å². The quantitative estimate of drug-likeness (QED) is 0.750. The molecule has 17 heavy (non-hydrogen) atoms. The van der Waals surface area contributed by atoms with Gasteiger partial charge >= 0.3 is 0 Å². The van der Waals surface area contributed by atoms with Crippen LogP contribution in [-0.4, -0.2) is 28.8 Å². The molecule has 0 unspecified atom stereocenters. The first kappa shape index (κ1) is 13.1. The molecule has 2 rings (SSSR count). The van der Waals surface area contributed by atoms with E-state index < -0.39 is 0 Å². The van der Waals surface area contributed by atoms with Gasteiger partial charge in [0.05, 0.1) is 5.54 Å². The fraction of sp³-hybridized carbons (Fsp3) is 0.933. The zero-order valence-corrected chi connectivity index (χ0v) is 11.7. The average Bonchev–Trinajstić information content (AvgIpc) is 2.61. The first-order valence-corrected chi connectivity index (χ1v) is 7.40. The van der Waals surface area contributed by atoms with Crippen LogP contribution in [0.15, 0.2) is 0 Å². The molecule has 0 bridgehead atoms. The molecule has 0 atom stereocenters. The largest absolute Gasteiger partial charge is 0.298 e. The maximum absolute atomic E-state index is 12.3. The highest BCUT2D eigenvalue weighted by Crippen LogP contribution is 2.43. The van der Waals surface area contributed by atoms with Gasteiger partial charge in [-0.15, -0.1) is 0 Å². The highest BCUT2D eigenvalue weighted by molar-refractivity contribution is 5.90. The fourth-order valence-electron chi connectivity index (χ4n) is 4.00. The molecule has 1 aliphatic carbocycles. The Labute approximate surface area is 106 Å². The first-order valence-electron chi connectivity index (χ1n) is 7.40. The molecule has 0 N–H and O–H groups in total. The van der Waals surface area contributed by atoms with E-state index >= 15 is 0 Å². The van der Waals surface area contributed by atoms with Crippen molar-refractivity contribution in [3.63, 3.8) is 0 Å². The SMILES string of the molecule is CCCC1CCC2(CC1)C(=O)CCN2C(C)C. The number of Topliss-reactive ketones (excluding diaryl/α,β-unsaturated/α-hetero) is 1. The topological polar surface area (TPSA) is 20.3 Å². The third-order valence-electron chi connectivity index (χ3n) is 4.90. The van der Waals surface area contributed by atoms with Crippen molar-refractivity contribution < 1.29 is 4.79 Å². The molecule has 2 aliphatic rings. The van der Waals surface area contributed by atoms with Gasteiger partial charge in [-0.2, -0.15) is 0 Å². The summed E-state index contributed by atoms with van der Waals surface area (Å²) < 4.78 is 0. The van der Waals surface area contributed by atoms with E-state index in [1.165, 1.54) is 25.7 Å². The molecule has 1 spiro atoms. The minimum Gasteiger partial charge on any atom is -0.298 e. The number of hydrogen-bond donors (Lipinski definition) is 0. The number of ketones is 1. The molecule has 0 radical (unpaired) electrons. The predicted octanol–water partition coefficient (Wildman–Crippen LogP) is 3.40. The second-order valence-electron chi connectivity index (χ2n) is 6.22. The van der Waals surface area contributed by atoms with E-state index in [-0.39, 0.29) is 5.54 Å². The number of carbonyl (C=O) groups excluding carboxylic acids is 1. The Morgan fingerprint density at radius 3 is 2.53 bits per heavy atom. The van der Waals surface area contributed by atoms with E-state index in [9.17, 15) is 4.79 Å². The number of hydrogen-bond acceptors (Lipinski definition) is 2.